The number of hydrogen-bond acceptors (Lipinski definition) is 4. The lowest BCUT2D eigenvalue weighted by molar-refractivity contribution is 0.152. The van der Waals surface area contributed by atoms with Gasteiger partial charge in [0.05, 0.1) is 6.61 Å². The first-order valence-corrected chi connectivity index (χ1v) is 6.86. The second-order valence-corrected chi connectivity index (χ2v) is 5.00. The van der Waals surface area contributed by atoms with Gasteiger partial charge in [-0.25, -0.2) is 9.52 Å². The van der Waals surface area contributed by atoms with Gasteiger partial charge in [0, 0.05) is 6.04 Å². The van der Waals surface area contributed by atoms with Crippen molar-refractivity contribution < 1.29 is 17.9 Å². The summed E-state index contributed by atoms with van der Waals surface area (Å²) in [6.45, 7) is 5.71. The van der Waals surface area contributed by atoms with Crippen LogP contribution in [0.25, 0.3) is 0 Å². The van der Waals surface area contributed by atoms with Crippen LogP contribution in [0.5, 0.6) is 0 Å². The quantitative estimate of drug-likeness (QED) is 0.711. The molecule has 0 aromatic rings. The number of carbonyl (C=O) groups is 1. The third-order valence-corrected chi connectivity index (χ3v) is 2.88. The first-order valence-electron chi connectivity index (χ1n) is 5.38. The van der Waals surface area contributed by atoms with Crippen LogP contribution < -0.4 is 9.44 Å². The molecular formula is C9H20N2O4S. The summed E-state index contributed by atoms with van der Waals surface area (Å²) in [4.78, 5) is 11.0. The van der Waals surface area contributed by atoms with Gasteiger partial charge in [-0.2, -0.15) is 13.1 Å². The van der Waals surface area contributed by atoms with Crippen molar-refractivity contribution >= 4 is 16.3 Å². The van der Waals surface area contributed by atoms with E-state index in [9.17, 15) is 13.2 Å². The van der Waals surface area contributed by atoms with Gasteiger partial charge >= 0.3 is 16.3 Å². The zero-order chi connectivity index (χ0) is 12.6. The minimum atomic E-state index is -3.81. The van der Waals surface area contributed by atoms with E-state index in [1.807, 2.05) is 13.8 Å². The third kappa shape index (κ3) is 7.47. The van der Waals surface area contributed by atoms with E-state index in [2.05, 4.69) is 9.46 Å². The largest absolute Gasteiger partial charge is 0.449 e. The molecule has 7 heteroatoms. The van der Waals surface area contributed by atoms with Gasteiger partial charge in [0.15, 0.2) is 0 Å². The van der Waals surface area contributed by atoms with Crippen molar-refractivity contribution in [2.24, 2.45) is 0 Å². The maximum Gasteiger partial charge on any atom is 0.421 e. The molecule has 0 radical (unpaired) electrons. The highest BCUT2D eigenvalue weighted by Gasteiger charge is 2.17. The van der Waals surface area contributed by atoms with Gasteiger partial charge in [-0.1, -0.05) is 20.3 Å². The van der Waals surface area contributed by atoms with Gasteiger partial charge in [-0.3, -0.25) is 0 Å². The summed E-state index contributed by atoms with van der Waals surface area (Å²) >= 11 is 0. The highest BCUT2D eigenvalue weighted by Crippen LogP contribution is 1.96. The second-order valence-electron chi connectivity index (χ2n) is 3.55. The average Bonchev–Trinajstić information content (AvgIpc) is 2.13. The van der Waals surface area contributed by atoms with Crippen molar-refractivity contribution in [3.05, 3.63) is 0 Å². The van der Waals surface area contributed by atoms with Crippen LogP contribution in [0.2, 0.25) is 0 Å². The number of carbonyl (C=O) groups excluding carboxylic acids is 1. The SMILES string of the molecule is CCCOC(=O)NS(=O)(=O)NC(C)CCC. The minimum Gasteiger partial charge on any atom is -0.449 e. The topological polar surface area (TPSA) is 84.5 Å². The molecule has 0 rings (SSSR count). The zero-order valence-corrected chi connectivity index (χ0v) is 10.8. The summed E-state index contributed by atoms with van der Waals surface area (Å²) in [7, 11) is -3.81. The molecule has 0 aliphatic carbocycles. The Labute approximate surface area is 96.9 Å². The highest BCUT2D eigenvalue weighted by molar-refractivity contribution is 7.88. The van der Waals surface area contributed by atoms with Crippen LogP contribution in [0.15, 0.2) is 0 Å². The number of amides is 1. The van der Waals surface area contributed by atoms with Crippen molar-refractivity contribution in [1.29, 1.82) is 0 Å². The molecule has 0 saturated carbocycles. The van der Waals surface area contributed by atoms with Crippen molar-refractivity contribution in [2.75, 3.05) is 6.61 Å². The molecule has 1 amide bonds. The number of rotatable bonds is 7. The lowest BCUT2D eigenvalue weighted by Crippen LogP contribution is -2.44. The Morgan fingerprint density at radius 2 is 1.94 bits per heavy atom. The molecule has 0 saturated heterocycles. The molecule has 0 aromatic heterocycles. The summed E-state index contributed by atoms with van der Waals surface area (Å²) in [5, 5.41) is 0. The highest BCUT2D eigenvalue weighted by atomic mass is 32.2. The second kappa shape index (κ2) is 7.45. The molecule has 0 fully saturated rings. The lowest BCUT2D eigenvalue weighted by atomic mass is 10.2. The molecule has 1 atom stereocenters. The zero-order valence-electron chi connectivity index (χ0n) is 9.95. The normalized spacial score (nSPS) is 13.2. The van der Waals surface area contributed by atoms with Crippen molar-refractivity contribution in [2.45, 2.75) is 46.1 Å². The van der Waals surface area contributed by atoms with E-state index in [0.717, 1.165) is 6.42 Å². The summed E-state index contributed by atoms with van der Waals surface area (Å²) in [5.74, 6) is 0. The number of ether oxygens (including phenoxy) is 1. The van der Waals surface area contributed by atoms with Crippen LogP contribution in [0.4, 0.5) is 4.79 Å². The molecule has 0 aliphatic rings. The average molecular weight is 252 g/mol. The first-order chi connectivity index (χ1) is 7.41. The molecule has 0 bridgehead atoms. The standard InChI is InChI=1S/C9H20N2O4S/c1-4-6-8(3)10-16(13,14)11-9(12)15-7-5-2/h8,10H,4-7H2,1-3H3,(H,11,12). The summed E-state index contributed by atoms with van der Waals surface area (Å²) in [6, 6.07) is -0.207. The van der Waals surface area contributed by atoms with E-state index in [1.165, 1.54) is 0 Å². The van der Waals surface area contributed by atoms with E-state index < -0.39 is 16.3 Å². The van der Waals surface area contributed by atoms with E-state index in [0.29, 0.717) is 12.8 Å². The molecule has 2 N–H and O–H groups in total. The maximum absolute atomic E-state index is 11.4. The predicted octanol–water partition coefficient (Wildman–Crippen LogP) is 1.15. The van der Waals surface area contributed by atoms with Crippen molar-refractivity contribution in [3.8, 4) is 0 Å². The van der Waals surface area contributed by atoms with Gasteiger partial charge in [0.2, 0.25) is 0 Å². The Bertz CT molecular complexity index is 303. The minimum absolute atomic E-state index is 0.200. The Kier molecular flexibility index (Phi) is 7.07. The fourth-order valence-electron chi connectivity index (χ4n) is 1.12. The molecular weight excluding hydrogens is 232 g/mol. The van der Waals surface area contributed by atoms with Gasteiger partial charge < -0.3 is 4.74 Å². The fourth-order valence-corrected chi connectivity index (χ4v) is 2.11. The molecule has 0 aromatic carbocycles. The van der Waals surface area contributed by atoms with Crippen LogP contribution in [-0.4, -0.2) is 27.2 Å². The molecule has 96 valence electrons. The molecule has 0 heterocycles. The smallest absolute Gasteiger partial charge is 0.421 e. The molecule has 6 nitrogen and oxygen atoms in total. The summed E-state index contributed by atoms with van der Waals surface area (Å²) in [5.41, 5.74) is 0. The molecule has 0 spiro atoms. The van der Waals surface area contributed by atoms with Crippen molar-refractivity contribution in [1.82, 2.24) is 9.44 Å². The van der Waals surface area contributed by atoms with E-state index in [1.54, 1.807) is 11.6 Å². The van der Waals surface area contributed by atoms with Crippen LogP contribution in [0, 0.1) is 0 Å². The molecule has 16 heavy (non-hydrogen) atoms. The van der Waals surface area contributed by atoms with Crippen LogP contribution in [-0.2, 0) is 14.9 Å². The summed E-state index contributed by atoms with van der Waals surface area (Å²) < 4.78 is 31.4. The molecule has 0 aliphatic heterocycles. The van der Waals surface area contributed by atoms with E-state index in [-0.39, 0.29) is 12.6 Å². The Hall–Kier alpha value is -0.820. The monoisotopic (exact) mass is 252 g/mol. The van der Waals surface area contributed by atoms with Crippen LogP contribution >= 0.6 is 0 Å². The van der Waals surface area contributed by atoms with Gasteiger partial charge in [0.25, 0.3) is 0 Å². The Morgan fingerprint density at radius 3 is 2.44 bits per heavy atom. The van der Waals surface area contributed by atoms with E-state index in [4.69, 9.17) is 0 Å². The van der Waals surface area contributed by atoms with Gasteiger partial charge in [-0.15, -0.1) is 0 Å². The van der Waals surface area contributed by atoms with Crippen LogP contribution in [0.3, 0.4) is 0 Å². The summed E-state index contributed by atoms with van der Waals surface area (Å²) in [6.07, 6.45) is 1.28. The number of nitrogens with one attached hydrogen (secondary N) is 2. The first kappa shape index (κ1) is 15.2. The van der Waals surface area contributed by atoms with Gasteiger partial charge in [0.1, 0.15) is 0 Å². The predicted molar refractivity (Wildman–Crippen MR) is 61.2 cm³/mol. The van der Waals surface area contributed by atoms with Crippen molar-refractivity contribution in [3.63, 3.8) is 0 Å². The maximum atomic E-state index is 11.4. The Balaban J connectivity index is 4.09. The van der Waals surface area contributed by atoms with Gasteiger partial charge in [-0.05, 0) is 19.8 Å². The van der Waals surface area contributed by atoms with E-state index >= 15 is 0 Å². The molecule has 1 unspecified atom stereocenters. The Morgan fingerprint density at radius 1 is 1.31 bits per heavy atom. The van der Waals surface area contributed by atoms with Crippen LogP contribution in [0.1, 0.15) is 40.0 Å². The fraction of sp³-hybridized carbons (Fsp3) is 0.889. The number of hydrogen-bond donors (Lipinski definition) is 2. The lowest BCUT2D eigenvalue weighted by Gasteiger charge is -2.13. The third-order valence-electron chi connectivity index (χ3n) is 1.73.